The van der Waals surface area contributed by atoms with Gasteiger partial charge in [-0.25, -0.2) is 4.98 Å². The van der Waals surface area contributed by atoms with E-state index in [-0.39, 0.29) is 0 Å². The van der Waals surface area contributed by atoms with Crippen molar-refractivity contribution in [1.82, 2.24) is 20.1 Å². The number of hydrogen-bond donors (Lipinski definition) is 1. The lowest BCUT2D eigenvalue weighted by Gasteiger charge is -2.07. The Hall–Kier alpha value is -1.33. The van der Waals surface area contributed by atoms with Crippen molar-refractivity contribution in [3.8, 4) is 0 Å². The Bertz CT molecular complexity index is 512. The van der Waals surface area contributed by atoms with Gasteiger partial charge in [0.25, 0.3) is 0 Å². The first kappa shape index (κ1) is 11.7. The maximum Gasteiger partial charge on any atom is 0.164 e. The van der Waals surface area contributed by atoms with Crippen molar-refractivity contribution in [2.75, 3.05) is 7.05 Å². The minimum Gasteiger partial charge on any atom is -0.313 e. The van der Waals surface area contributed by atoms with Crippen LogP contribution in [0, 0.1) is 0 Å². The van der Waals surface area contributed by atoms with Crippen molar-refractivity contribution in [3.63, 3.8) is 0 Å². The van der Waals surface area contributed by atoms with Crippen LogP contribution < -0.4 is 5.32 Å². The summed E-state index contributed by atoms with van der Waals surface area (Å²) < 4.78 is 1.95. The third-order valence-corrected chi connectivity index (χ3v) is 4.32. The second-order valence-corrected chi connectivity index (χ2v) is 5.81. The number of rotatable bonds is 4. The summed E-state index contributed by atoms with van der Waals surface area (Å²) >= 11 is 1.95. The highest BCUT2D eigenvalue weighted by Gasteiger charge is 2.22. The largest absolute Gasteiger partial charge is 0.313 e. The number of hydrogen-bond acceptors (Lipinski definition) is 4. The number of thioether (sulfide) groups is 1. The van der Waals surface area contributed by atoms with Gasteiger partial charge in [-0.05, 0) is 25.1 Å². The molecular formula is C13H16N4S. The Morgan fingerprint density at radius 1 is 1.44 bits per heavy atom. The number of benzene rings is 1. The molecule has 1 aliphatic heterocycles. The highest BCUT2D eigenvalue weighted by atomic mass is 32.2. The summed E-state index contributed by atoms with van der Waals surface area (Å²) in [5.41, 5.74) is 1.46. The molecule has 1 aromatic carbocycles. The van der Waals surface area contributed by atoms with Gasteiger partial charge in [0.15, 0.2) is 5.82 Å². The van der Waals surface area contributed by atoms with Crippen molar-refractivity contribution in [2.45, 2.75) is 29.7 Å². The van der Waals surface area contributed by atoms with Crippen LogP contribution in [0.1, 0.15) is 11.4 Å². The Morgan fingerprint density at radius 2 is 2.33 bits per heavy atom. The number of fused-ring (bicyclic) bond motifs is 1. The zero-order chi connectivity index (χ0) is 12.4. The molecule has 1 N–H and O–H groups in total. The van der Waals surface area contributed by atoms with Gasteiger partial charge in [0, 0.05) is 10.1 Å². The summed E-state index contributed by atoms with van der Waals surface area (Å²) in [6.07, 6.45) is 2.96. The van der Waals surface area contributed by atoms with Crippen LogP contribution in [0.3, 0.4) is 0 Å². The van der Waals surface area contributed by atoms with Gasteiger partial charge < -0.3 is 5.32 Å². The van der Waals surface area contributed by atoms with E-state index in [0.29, 0.717) is 5.25 Å². The summed E-state index contributed by atoms with van der Waals surface area (Å²) in [5, 5.41) is 8.09. The van der Waals surface area contributed by atoms with Crippen molar-refractivity contribution >= 4 is 11.8 Å². The fourth-order valence-electron chi connectivity index (χ4n) is 2.22. The first-order chi connectivity index (χ1) is 8.85. The Labute approximate surface area is 111 Å². The third kappa shape index (κ3) is 2.42. The number of nitrogens with one attached hydrogen (secondary N) is 1. The van der Waals surface area contributed by atoms with E-state index in [2.05, 4.69) is 39.7 Å². The van der Waals surface area contributed by atoms with E-state index in [0.717, 1.165) is 25.3 Å². The van der Waals surface area contributed by atoms with Crippen LogP contribution in [-0.4, -0.2) is 27.1 Å². The van der Waals surface area contributed by atoms with E-state index < -0.39 is 0 Å². The molecule has 5 heteroatoms. The summed E-state index contributed by atoms with van der Waals surface area (Å²) in [6, 6.07) is 8.64. The highest BCUT2D eigenvalue weighted by Crippen LogP contribution is 2.37. The minimum atomic E-state index is 0.575. The summed E-state index contributed by atoms with van der Waals surface area (Å²) in [4.78, 5) is 5.69. The second-order valence-electron chi connectivity index (χ2n) is 4.46. The maximum absolute atomic E-state index is 4.46. The van der Waals surface area contributed by atoms with Crippen molar-refractivity contribution in [3.05, 3.63) is 42.0 Å². The van der Waals surface area contributed by atoms with E-state index in [9.17, 15) is 0 Å². The Kier molecular flexibility index (Phi) is 3.34. The average Bonchev–Trinajstić information content (AvgIpc) is 2.96. The first-order valence-electron chi connectivity index (χ1n) is 6.12. The van der Waals surface area contributed by atoms with Crippen molar-refractivity contribution in [1.29, 1.82) is 0 Å². The molecule has 0 radical (unpaired) electrons. The fraction of sp³-hybridized carbons (Fsp3) is 0.385. The molecule has 2 aromatic rings. The zero-order valence-corrected chi connectivity index (χ0v) is 11.2. The molecule has 3 rings (SSSR count). The molecule has 0 aliphatic carbocycles. The summed E-state index contributed by atoms with van der Waals surface area (Å²) in [5.74, 6) is 0.859. The van der Waals surface area contributed by atoms with Crippen LogP contribution in [0.4, 0.5) is 0 Å². The SMILES string of the molecule is CNCc1ncn(CC2Cc3ccccc3S2)n1. The molecule has 0 amide bonds. The lowest BCUT2D eigenvalue weighted by Crippen LogP contribution is -2.13. The summed E-state index contributed by atoms with van der Waals surface area (Å²) in [6.45, 7) is 1.65. The van der Waals surface area contributed by atoms with Crippen LogP contribution in [0.2, 0.25) is 0 Å². The third-order valence-electron chi connectivity index (χ3n) is 3.02. The Morgan fingerprint density at radius 3 is 3.17 bits per heavy atom. The average molecular weight is 260 g/mol. The predicted molar refractivity (Wildman–Crippen MR) is 72.6 cm³/mol. The molecule has 0 spiro atoms. The molecule has 0 bridgehead atoms. The molecule has 94 valence electrons. The number of aromatic nitrogens is 3. The van der Waals surface area contributed by atoms with Gasteiger partial charge in [0.05, 0.1) is 13.1 Å². The molecule has 0 saturated heterocycles. The molecule has 18 heavy (non-hydrogen) atoms. The van der Waals surface area contributed by atoms with Crippen molar-refractivity contribution < 1.29 is 0 Å². The maximum atomic E-state index is 4.46. The van der Waals surface area contributed by atoms with Crippen LogP contribution >= 0.6 is 11.8 Å². The Balaban J connectivity index is 1.65. The molecule has 1 aliphatic rings. The van der Waals surface area contributed by atoms with Gasteiger partial charge in [-0.2, -0.15) is 5.10 Å². The molecular weight excluding hydrogens is 244 g/mol. The van der Waals surface area contributed by atoms with Gasteiger partial charge in [-0.1, -0.05) is 18.2 Å². The predicted octanol–water partition coefficient (Wildman–Crippen LogP) is 1.71. The molecule has 1 unspecified atom stereocenters. The zero-order valence-electron chi connectivity index (χ0n) is 10.3. The topological polar surface area (TPSA) is 42.7 Å². The molecule has 0 fully saturated rings. The van der Waals surface area contributed by atoms with Gasteiger partial charge >= 0.3 is 0 Å². The molecule has 0 saturated carbocycles. The molecule has 2 heterocycles. The van der Waals surface area contributed by atoms with Crippen molar-refractivity contribution in [2.24, 2.45) is 0 Å². The minimum absolute atomic E-state index is 0.575. The quantitative estimate of drug-likeness (QED) is 0.909. The monoisotopic (exact) mass is 260 g/mol. The van der Waals surface area contributed by atoms with Crippen LogP contribution in [0.15, 0.2) is 35.5 Å². The highest BCUT2D eigenvalue weighted by molar-refractivity contribution is 8.00. The normalized spacial score (nSPS) is 17.9. The molecule has 4 nitrogen and oxygen atoms in total. The lowest BCUT2D eigenvalue weighted by atomic mass is 10.1. The lowest BCUT2D eigenvalue weighted by molar-refractivity contribution is 0.583. The van der Waals surface area contributed by atoms with E-state index >= 15 is 0 Å². The first-order valence-corrected chi connectivity index (χ1v) is 7.00. The van der Waals surface area contributed by atoms with Gasteiger partial charge in [0.1, 0.15) is 6.33 Å². The molecule has 1 atom stereocenters. The summed E-state index contributed by atoms with van der Waals surface area (Å²) in [7, 11) is 1.91. The van der Waals surface area contributed by atoms with E-state index in [1.54, 1.807) is 0 Å². The van der Waals surface area contributed by atoms with Gasteiger partial charge in [-0.15, -0.1) is 11.8 Å². The molecule has 1 aromatic heterocycles. The van der Waals surface area contributed by atoms with Gasteiger partial charge in [-0.3, -0.25) is 4.68 Å². The van der Waals surface area contributed by atoms with Crippen LogP contribution in [-0.2, 0) is 19.5 Å². The van der Waals surface area contributed by atoms with E-state index in [1.807, 2.05) is 29.8 Å². The number of nitrogens with zero attached hydrogens (tertiary/aromatic N) is 3. The fourth-order valence-corrected chi connectivity index (χ4v) is 3.53. The van der Waals surface area contributed by atoms with E-state index in [1.165, 1.54) is 10.5 Å². The van der Waals surface area contributed by atoms with E-state index in [4.69, 9.17) is 0 Å². The van der Waals surface area contributed by atoms with Gasteiger partial charge in [0.2, 0.25) is 0 Å². The standard InChI is InChI=1S/C13H16N4S/c1-14-7-13-15-9-17(16-13)8-11-6-10-4-2-3-5-12(10)18-11/h2-5,9,11,14H,6-8H2,1H3. The smallest absolute Gasteiger partial charge is 0.164 e. The van der Waals surface area contributed by atoms with Crippen LogP contribution in [0.25, 0.3) is 0 Å². The van der Waals surface area contributed by atoms with Crippen LogP contribution in [0.5, 0.6) is 0 Å². The second kappa shape index (κ2) is 5.12.